The lowest BCUT2D eigenvalue weighted by Gasteiger charge is -2.34. The molecule has 1 aliphatic carbocycles. The number of nitrogens with zero attached hydrogens (tertiary/aromatic N) is 3. The van der Waals surface area contributed by atoms with E-state index in [2.05, 4.69) is 31.6 Å². The molecule has 1 amide bonds. The maximum absolute atomic E-state index is 12.2. The van der Waals surface area contributed by atoms with E-state index in [1.807, 2.05) is 18.3 Å². The topological polar surface area (TPSA) is 45.7 Å². The standard InChI is InChI=1S/C21H27N3O2S/c1-16(25)24(13-17-4-10-27-15-17)20-12-21(20)5-8-23(9-6-21)14-18-11-19(26-2)3-7-22-18/h3-4,7,10-11,15,20H,5-6,8-9,12-14H2,1-2H3. The highest BCUT2D eigenvalue weighted by molar-refractivity contribution is 7.07. The van der Waals surface area contributed by atoms with Crippen LogP contribution in [0.4, 0.5) is 0 Å². The molecule has 27 heavy (non-hydrogen) atoms. The average molecular weight is 386 g/mol. The van der Waals surface area contributed by atoms with Gasteiger partial charge in [0.1, 0.15) is 5.75 Å². The molecule has 1 aliphatic heterocycles. The van der Waals surface area contributed by atoms with E-state index in [-0.39, 0.29) is 5.91 Å². The molecule has 0 bridgehead atoms. The smallest absolute Gasteiger partial charge is 0.220 e. The highest BCUT2D eigenvalue weighted by Gasteiger charge is 2.58. The van der Waals surface area contributed by atoms with Gasteiger partial charge in [-0.05, 0) is 66.2 Å². The number of thiophene rings is 1. The second-order valence-electron chi connectivity index (χ2n) is 7.82. The Morgan fingerprint density at radius 2 is 2.22 bits per heavy atom. The van der Waals surface area contributed by atoms with Crippen LogP contribution < -0.4 is 4.74 Å². The number of methoxy groups -OCH3 is 1. The Balaban J connectivity index is 1.34. The van der Waals surface area contributed by atoms with Gasteiger partial charge in [-0.1, -0.05) is 0 Å². The van der Waals surface area contributed by atoms with Crippen LogP contribution in [0.2, 0.25) is 0 Å². The molecule has 1 atom stereocenters. The Hall–Kier alpha value is -1.92. The largest absolute Gasteiger partial charge is 0.497 e. The number of rotatable bonds is 6. The second-order valence-corrected chi connectivity index (χ2v) is 8.60. The minimum atomic E-state index is 0.200. The molecule has 0 aromatic carbocycles. The van der Waals surface area contributed by atoms with Crippen LogP contribution in [-0.4, -0.2) is 46.9 Å². The summed E-state index contributed by atoms with van der Waals surface area (Å²) in [6, 6.07) is 6.43. The molecule has 144 valence electrons. The molecule has 3 heterocycles. The van der Waals surface area contributed by atoms with E-state index in [1.165, 1.54) is 5.56 Å². The molecule has 1 spiro atoms. The van der Waals surface area contributed by atoms with Crippen molar-refractivity contribution in [2.24, 2.45) is 5.41 Å². The van der Waals surface area contributed by atoms with E-state index in [0.29, 0.717) is 11.5 Å². The van der Waals surface area contributed by atoms with Crippen LogP contribution in [-0.2, 0) is 17.9 Å². The van der Waals surface area contributed by atoms with Gasteiger partial charge >= 0.3 is 0 Å². The Bertz CT molecular complexity index is 784. The van der Waals surface area contributed by atoms with Gasteiger partial charge < -0.3 is 9.64 Å². The van der Waals surface area contributed by atoms with Crippen molar-refractivity contribution >= 4 is 17.2 Å². The predicted octanol–water partition coefficient (Wildman–Crippen LogP) is 3.55. The van der Waals surface area contributed by atoms with Gasteiger partial charge in [0.2, 0.25) is 5.91 Å². The summed E-state index contributed by atoms with van der Waals surface area (Å²) in [5.74, 6) is 1.06. The fourth-order valence-electron chi connectivity index (χ4n) is 4.38. The zero-order valence-electron chi connectivity index (χ0n) is 16.1. The van der Waals surface area contributed by atoms with Crippen LogP contribution in [0.3, 0.4) is 0 Å². The molecule has 2 aliphatic rings. The Kier molecular flexibility index (Phi) is 5.19. The third-order valence-corrected chi connectivity index (χ3v) is 6.85. The van der Waals surface area contributed by atoms with Gasteiger partial charge in [-0.2, -0.15) is 11.3 Å². The number of ether oxygens (including phenoxy) is 1. The predicted molar refractivity (Wildman–Crippen MR) is 107 cm³/mol. The number of carbonyl (C=O) groups excluding carboxylic acids is 1. The number of aromatic nitrogens is 1. The Labute approximate surface area is 165 Å². The van der Waals surface area contributed by atoms with Crippen molar-refractivity contribution < 1.29 is 9.53 Å². The molecule has 2 fully saturated rings. The molecule has 2 aromatic heterocycles. The van der Waals surface area contributed by atoms with Crippen molar-refractivity contribution in [3.63, 3.8) is 0 Å². The van der Waals surface area contributed by atoms with Crippen LogP contribution in [0.5, 0.6) is 5.75 Å². The molecule has 5 nitrogen and oxygen atoms in total. The summed E-state index contributed by atoms with van der Waals surface area (Å²) < 4.78 is 5.30. The lowest BCUT2D eigenvalue weighted by Crippen LogP contribution is -2.39. The molecular weight excluding hydrogens is 358 g/mol. The molecule has 1 saturated carbocycles. The number of hydrogen-bond acceptors (Lipinski definition) is 5. The van der Waals surface area contributed by atoms with Gasteiger partial charge in [-0.25, -0.2) is 0 Å². The van der Waals surface area contributed by atoms with E-state index in [0.717, 1.165) is 56.9 Å². The van der Waals surface area contributed by atoms with Crippen molar-refractivity contribution in [3.8, 4) is 5.75 Å². The lowest BCUT2D eigenvalue weighted by atomic mass is 9.92. The summed E-state index contributed by atoms with van der Waals surface area (Å²) in [5.41, 5.74) is 2.64. The second kappa shape index (κ2) is 7.60. The van der Waals surface area contributed by atoms with Gasteiger partial charge in [0.05, 0.1) is 12.8 Å². The van der Waals surface area contributed by atoms with Gasteiger partial charge in [0, 0.05) is 38.3 Å². The van der Waals surface area contributed by atoms with Gasteiger partial charge in [0.25, 0.3) is 0 Å². The van der Waals surface area contributed by atoms with Gasteiger partial charge in [-0.15, -0.1) is 0 Å². The fourth-order valence-corrected chi connectivity index (χ4v) is 5.04. The monoisotopic (exact) mass is 385 g/mol. The molecule has 1 saturated heterocycles. The van der Waals surface area contributed by atoms with Crippen LogP contribution in [0.15, 0.2) is 35.2 Å². The summed E-state index contributed by atoms with van der Waals surface area (Å²) in [6.45, 7) is 5.47. The first-order valence-corrected chi connectivity index (χ1v) is 10.5. The Morgan fingerprint density at radius 3 is 2.89 bits per heavy atom. The third kappa shape index (κ3) is 4.01. The van der Waals surface area contributed by atoms with Gasteiger partial charge in [-0.3, -0.25) is 14.7 Å². The first-order chi connectivity index (χ1) is 13.1. The van der Waals surface area contributed by atoms with Crippen molar-refractivity contribution in [3.05, 3.63) is 46.4 Å². The zero-order valence-corrected chi connectivity index (χ0v) is 16.9. The van der Waals surface area contributed by atoms with Crippen LogP contribution >= 0.6 is 11.3 Å². The van der Waals surface area contributed by atoms with Crippen molar-refractivity contribution in [2.75, 3.05) is 20.2 Å². The lowest BCUT2D eigenvalue weighted by molar-refractivity contribution is -0.130. The third-order valence-electron chi connectivity index (χ3n) is 6.12. The summed E-state index contributed by atoms with van der Waals surface area (Å²) >= 11 is 1.70. The summed E-state index contributed by atoms with van der Waals surface area (Å²) in [7, 11) is 1.69. The molecule has 0 radical (unpaired) electrons. The molecule has 1 unspecified atom stereocenters. The molecule has 4 rings (SSSR count). The minimum absolute atomic E-state index is 0.200. The first-order valence-electron chi connectivity index (χ1n) is 9.59. The summed E-state index contributed by atoms with van der Waals surface area (Å²) in [6.07, 6.45) is 5.29. The molecule has 2 aromatic rings. The van der Waals surface area contributed by atoms with Crippen molar-refractivity contribution in [2.45, 2.75) is 45.3 Å². The molecule has 0 N–H and O–H groups in total. The number of piperidine rings is 1. The molecular formula is C21H27N3O2S. The van der Waals surface area contributed by atoms with Crippen molar-refractivity contribution in [1.29, 1.82) is 0 Å². The van der Waals surface area contributed by atoms with E-state index in [1.54, 1.807) is 25.4 Å². The zero-order chi connectivity index (χ0) is 18.9. The van der Waals surface area contributed by atoms with E-state index >= 15 is 0 Å². The highest BCUT2D eigenvalue weighted by atomic mass is 32.1. The maximum atomic E-state index is 12.2. The van der Waals surface area contributed by atoms with Crippen LogP contribution in [0.1, 0.15) is 37.4 Å². The van der Waals surface area contributed by atoms with E-state index in [9.17, 15) is 4.79 Å². The number of likely N-dealkylation sites (tertiary alicyclic amines) is 1. The fraction of sp³-hybridized carbons (Fsp3) is 0.524. The number of carbonyl (C=O) groups is 1. The van der Waals surface area contributed by atoms with Crippen molar-refractivity contribution in [1.82, 2.24) is 14.8 Å². The van der Waals surface area contributed by atoms with Crippen LogP contribution in [0.25, 0.3) is 0 Å². The SMILES string of the molecule is COc1ccnc(CN2CCC3(CC2)CC3N(Cc2ccsc2)C(C)=O)c1. The number of pyridine rings is 1. The maximum Gasteiger partial charge on any atom is 0.220 e. The van der Waals surface area contributed by atoms with Crippen LogP contribution in [0, 0.1) is 5.41 Å². The highest BCUT2D eigenvalue weighted by Crippen LogP contribution is 2.57. The first kappa shape index (κ1) is 18.4. The number of amides is 1. The summed E-state index contributed by atoms with van der Waals surface area (Å²) in [5, 5.41) is 4.23. The normalized spacial score (nSPS) is 21.2. The quantitative estimate of drug-likeness (QED) is 0.763. The minimum Gasteiger partial charge on any atom is -0.497 e. The summed E-state index contributed by atoms with van der Waals surface area (Å²) in [4.78, 5) is 21.3. The van der Waals surface area contributed by atoms with E-state index in [4.69, 9.17) is 4.74 Å². The van der Waals surface area contributed by atoms with Gasteiger partial charge in [0.15, 0.2) is 0 Å². The molecule has 6 heteroatoms. The average Bonchev–Trinajstić information content (AvgIpc) is 3.10. The Morgan fingerprint density at radius 1 is 1.41 bits per heavy atom. The number of hydrogen-bond donors (Lipinski definition) is 0. The van der Waals surface area contributed by atoms with E-state index < -0.39 is 0 Å².